The molecule has 20 heavy (non-hydrogen) atoms. The van der Waals surface area contributed by atoms with Crippen molar-refractivity contribution in [1.82, 2.24) is 0 Å². The molecule has 0 saturated carbocycles. The van der Waals surface area contributed by atoms with Crippen molar-refractivity contribution in [2.75, 3.05) is 24.9 Å². The van der Waals surface area contributed by atoms with Gasteiger partial charge in [0.05, 0.1) is 0 Å². The van der Waals surface area contributed by atoms with Crippen LogP contribution in [0.25, 0.3) is 5.53 Å². The topological polar surface area (TPSA) is 95.8 Å². The first-order valence-electron chi connectivity index (χ1n) is 6.04. The molecule has 0 bridgehead atoms. The van der Waals surface area contributed by atoms with Crippen LogP contribution < -0.4 is 20.9 Å². The van der Waals surface area contributed by atoms with Crippen LogP contribution in [-0.4, -0.2) is 18.2 Å². The summed E-state index contributed by atoms with van der Waals surface area (Å²) in [6.45, 7) is -0.0300. The summed E-state index contributed by atoms with van der Waals surface area (Å²) < 4.78 is 11.6. The number of nitrogens with zero attached hydrogens (tertiary/aromatic N) is 2. The Kier molecular flexibility index (Phi) is 4.39. The third kappa shape index (κ3) is 4.16. The van der Waals surface area contributed by atoms with Gasteiger partial charge in [0, 0.05) is 11.4 Å². The lowest BCUT2D eigenvalue weighted by atomic mass is 10.3. The van der Waals surface area contributed by atoms with E-state index in [1.54, 1.807) is 48.5 Å². The van der Waals surface area contributed by atoms with E-state index in [1.807, 2.05) is 0 Å². The molecule has 0 aliphatic rings. The maximum atomic E-state index is 9.61. The lowest BCUT2D eigenvalue weighted by Crippen LogP contribution is -2.19. The molecular formula is C14H16N4O2. The second kappa shape index (κ2) is 6.42. The van der Waals surface area contributed by atoms with E-state index in [2.05, 4.69) is 0 Å². The lowest BCUT2D eigenvalue weighted by molar-refractivity contribution is -0.603. The van der Waals surface area contributed by atoms with Crippen molar-refractivity contribution >= 4 is 11.4 Å². The van der Waals surface area contributed by atoms with E-state index in [4.69, 9.17) is 20.9 Å². The number of nitrogens with two attached hydrogens (primary N) is 2. The van der Waals surface area contributed by atoms with Crippen LogP contribution in [0.4, 0.5) is 11.4 Å². The molecule has 2 aromatic carbocycles. The SMILES string of the molecule is [N-]=[N+](COc1ccc(N)cc1)COc1ccc(N)cc1. The van der Waals surface area contributed by atoms with Crippen molar-refractivity contribution in [2.45, 2.75) is 0 Å². The average molecular weight is 272 g/mol. The summed E-state index contributed by atoms with van der Waals surface area (Å²) in [7, 11) is 0. The predicted octanol–water partition coefficient (Wildman–Crippen LogP) is 2.26. The van der Waals surface area contributed by atoms with Gasteiger partial charge in [0.15, 0.2) is 0 Å². The largest absolute Gasteiger partial charge is 0.501 e. The summed E-state index contributed by atoms with van der Waals surface area (Å²) in [5, 5.41) is 0. The van der Waals surface area contributed by atoms with Crippen LogP contribution in [0.3, 0.4) is 0 Å². The van der Waals surface area contributed by atoms with Crippen LogP contribution in [0, 0.1) is 0 Å². The van der Waals surface area contributed by atoms with E-state index in [0.717, 1.165) is 4.70 Å². The van der Waals surface area contributed by atoms with E-state index in [-0.39, 0.29) is 13.5 Å². The minimum atomic E-state index is -0.0150. The molecule has 6 nitrogen and oxygen atoms in total. The van der Waals surface area contributed by atoms with Crippen molar-refractivity contribution in [2.24, 2.45) is 0 Å². The number of hydrogen-bond acceptors (Lipinski definition) is 4. The van der Waals surface area contributed by atoms with Gasteiger partial charge in [0.25, 0.3) is 13.5 Å². The Morgan fingerprint density at radius 2 is 1.10 bits per heavy atom. The van der Waals surface area contributed by atoms with Gasteiger partial charge in [-0.3, -0.25) is 4.70 Å². The van der Waals surface area contributed by atoms with Crippen LogP contribution in [0.1, 0.15) is 0 Å². The highest BCUT2D eigenvalue weighted by molar-refractivity contribution is 5.42. The molecule has 4 N–H and O–H groups in total. The summed E-state index contributed by atoms with van der Waals surface area (Å²) in [6, 6.07) is 13.8. The fraction of sp³-hybridized carbons (Fsp3) is 0.143. The predicted molar refractivity (Wildman–Crippen MR) is 76.3 cm³/mol. The van der Waals surface area contributed by atoms with E-state index in [0.29, 0.717) is 22.9 Å². The standard InChI is InChI=1S/C14H16N4O2/c15-11-1-5-13(6-2-11)19-9-18(17)10-20-14-7-3-12(16)4-8-14/h1-8H,9-10,15-16H2. The zero-order chi connectivity index (χ0) is 14.4. The maximum Gasteiger partial charge on any atom is 0.279 e. The van der Waals surface area contributed by atoms with Crippen molar-refractivity contribution in [3.8, 4) is 11.5 Å². The number of hydrogen-bond donors (Lipinski definition) is 2. The van der Waals surface area contributed by atoms with Crippen molar-refractivity contribution < 1.29 is 14.2 Å². The first kappa shape index (κ1) is 13.7. The Morgan fingerprint density at radius 3 is 1.45 bits per heavy atom. The van der Waals surface area contributed by atoms with E-state index < -0.39 is 0 Å². The van der Waals surface area contributed by atoms with Gasteiger partial charge in [-0.25, -0.2) is 0 Å². The van der Waals surface area contributed by atoms with Gasteiger partial charge < -0.3 is 26.5 Å². The van der Waals surface area contributed by atoms with E-state index in [1.165, 1.54) is 0 Å². The second-order valence-corrected chi connectivity index (χ2v) is 4.19. The van der Waals surface area contributed by atoms with Crippen LogP contribution in [0.5, 0.6) is 11.5 Å². The summed E-state index contributed by atoms with van der Waals surface area (Å²) >= 11 is 0. The van der Waals surface area contributed by atoms with Crippen LogP contribution in [0.2, 0.25) is 0 Å². The van der Waals surface area contributed by atoms with Gasteiger partial charge >= 0.3 is 0 Å². The number of benzene rings is 2. The van der Waals surface area contributed by atoms with Gasteiger partial charge in [-0.2, -0.15) is 0 Å². The highest BCUT2D eigenvalue weighted by Gasteiger charge is 2.00. The Morgan fingerprint density at radius 1 is 0.750 bits per heavy atom. The van der Waals surface area contributed by atoms with Crippen molar-refractivity contribution in [3.63, 3.8) is 0 Å². The van der Waals surface area contributed by atoms with Gasteiger partial charge in [0.1, 0.15) is 11.5 Å². The summed E-state index contributed by atoms with van der Waals surface area (Å²) in [4.78, 5) is 0. The third-order valence-corrected chi connectivity index (χ3v) is 2.52. The zero-order valence-electron chi connectivity index (χ0n) is 10.9. The van der Waals surface area contributed by atoms with Gasteiger partial charge in [-0.1, -0.05) is 0 Å². The quantitative estimate of drug-likeness (QED) is 0.365. The number of nitrogen functional groups attached to an aromatic ring is 2. The normalized spacial score (nSPS) is 10.0. The summed E-state index contributed by atoms with van der Waals surface area (Å²) in [5.74, 6) is 1.23. The molecular weight excluding hydrogens is 256 g/mol. The molecule has 0 heterocycles. The average Bonchev–Trinajstić information content (AvgIpc) is 2.46. The summed E-state index contributed by atoms with van der Waals surface area (Å²) in [6.07, 6.45) is 0. The highest BCUT2D eigenvalue weighted by Crippen LogP contribution is 2.14. The molecule has 0 aliphatic carbocycles. The minimum absolute atomic E-state index is 0.0150. The molecule has 0 unspecified atom stereocenters. The van der Waals surface area contributed by atoms with Crippen molar-refractivity contribution in [1.29, 1.82) is 0 Å². The van der Waals surface area contributed by atoms with E-state index in [9.17, 15) is 5.53 Å². The van der Waals surface area contributed by atoms with Gasteiger partial charge in [0.2, 0.25) is 0 Å². The molecule has 0 fully saturated rings. The fourth-order valence-corrected chi connectivity index (χ4v) is 1.46. The van der Waals surface area contributed by atoms with Gasteiger partial charge in [-0.15, -0.1) is 0 Å². The number of anilines is 2. The molecule has 6 heteroatoms. The lowest BCUT2D eigenvalue weighted by Gasteiger charge is -2.10. The Bertz CT molecular complexity index is 515. The molecule has 0 saturated heterocycles. The smallest absolute Gasteiger partial charge is 0.279 e. The van der Waals surface area contributed by atoms with Crippen LogP contribution >= 0.6 is 0 Å². The Balaban J connectivity index is 1.75. The van der Waals surface area contributed by atoms with Crippen LogP contribution in [-0.2, 0) is 0 Å². The zero-order valence-corrected chi connectivity index (χ0v) is 10.9. The molecule has 0 radical (unpaired) electrons. The molecule has 0 aliphatic heterocycles. The maximum absolute atomic E-state index is 9.61. The third-order valence-electron chi connectivity index (χ3n) is 2.52. The highest BCUT2D eigenvalue weighted by atomic mass is 16.5. The minimum Gasteiger partial charge on any atom is -0.501 e. The second-order valence-electron chi connectivity index (χ2n) is 4.19. The van der Waals surface area contributed by atoms with Crippen LogP contribution in [0.15, 0.2) is 48.5 Å². The van der Waals surface area contributed by atoms with Crippen molar-refractivity contribution in [3.05, 3.63) is 54.1 Å². The first-order valence-corrected chi connectivity index (χ1v) is 6.04. The Labute approximate surface area is 117 Å². The van der Waals surface area contributed by atoms with Gasteiger partial charge in [-0.05, 0) is 48.5 Å². The fourth-order valence-electron chi connectivity index (χ4n) is 1.46. The monoisotopic (exact) mass is 272 g/mol. The Hall–Kier alpha value is -2.76. The number of ether oxygens (including phenoxy) is 2. The molecule has 0 aromatic heterocycles. The number of rotatable bonds is 6. The molecule has 2 aromatic rings. The molecule has 104 valence electrons. The molecule has 0 amide bonds. The molecule has 2 rings (SSSR count). The van der Waals surface area contributed by atoms with E-state index >= 15 is 0 Å². The first-order chi connectivity index (χ1) is 9.63. The summed E-state index contributed by atoms with van der Waals surface area (Å²) in [5.41, 5.74) is 22.1. The molecule has 0 spiro atoms. The molecule has 0 atom stereocenters.